The zero-order valence-electron chi connectivity index (χ0n) is 18.1. The molecule has 0 spiro atoms. The first-order chi connectivity index (χ1) is 14.9. The van der Waals surface area contributed by atoms with E-state index in [2.05, 4.69) is 10.3 Å². The molecule has 10 heteroatoms. The molecule has 0 aromatic carbocycles. The number of hydrogen-bond acceptors (Lipinski definition) is 6. The van der Waals surface area contributed by atoms with Gasteiger partial charge >= 0.3 is 5.69 Å². The lowest BCUT2D eigenvalue weighted by Gasteiger charge is -2.24. The summed E-state index contributed by atoms with van der Waals surface area (Å²) in [5.41, 5.74) is 4.97. The van der Waals surface area contributed by atoms with Crippen molar-refractivity contribution in [1.82, 2.24) is 14.9 Å². The van der Waals surface area contributed by atoms with Gasteiger partial charge in [0.15, 0.2) is 5.69 Å². The molecule has 0 radical (unpaired) electrons. The van der Waals surface area contributed by atoms with Crippen LogP contribution in [0.3, 0.4) is 0 Å². The number of anilines is 2. The molecule has 0 bridgehead atoms. The van der Waals surface area contributed by atoms with Crippen molar-refractivity contribution in [2.24, 2.45) is 0 Å². The van der Waals surface area contributed by atoms with Crippen LogP contribution in [-0.4, -0.2) is 34.5 Å². The largest absolute Gasteiger partial charge is 0.383 e. The molecule has 0 saturated heterocycles. The van der Waals surface area contributed by atoms with Crippen LogP contribution in [0.5, 0.6) is 0 Å². The lowest BCUT2D eigenvalue weighted by atomic mass is 10.2. The molecule has 170 valence electrons. The number of carbonyl (C=O) groups excluding carboxylic acids is 2. The van der Waals surface area contributed by atoms with Crippen LogP contribution >= 0.6 is 11.3 Å². The molecule has 2 aromatic rings. The normalized spacial score (nSPS) is 10.8. The summed E-state index contributed by atoms with van der Waals surface area (Å²) in [6, 6.07) is 3.54. The van der Waals surface area contributed by atoms with Gasteiger partial charge < -0.3 is 16.0 Å². The number of carbonyl (C=O) groups is 2. The number of unbranched alkanes of at least 4 members (excludes halogenated alkanes) is 2. The van der Waals surface area contributed by atoms with E-state index >= 15 is 0 Å². The second-order valence-electron chi connectivity index (χ2n) is 7.23. The zero-order chi connectivity index (χ0) is 22.8. The van der Waals surface area contributed by atoms with E-state index in [1.807, 2.05) is 19.2 Å². The van der Waals surface area contributed by atoms with Gasteiger partial charge in [-0.05, 0) is 30.7 Å². The summed E-state index contributed by atoms with van der Waals surface area (Å²) >= 11 is 1.35. The van der Waals surface area contributed by atoms with Gasteiger partial charge in [-0.1, -0.05) is 32.8 Å². The Morgan fingerprint density at radius 1 is 1.19 bits per heavy atom. The topological polar surface area (TPSA) is 130 Å². The van der Waals surface area contributed by atoms with Gasteiger partial charge in [0.25, 0.3) is 11.5 Å². The first-order valence-corrected chi connectivity index (χ1v) is 11.5. The summed E-state index contributed by atoms with van der Waals surface area (Å²) in [4.78, 5) is 54.0. The third-order valence-corrected chi connectivity index (χ3v) is 5.72. The highest BCUT2D eigenvalue weighted by Gasteiger charge is 2.23. The molecule has 9 nitrogen and oxygen atoms in total. The number of thiophene rings is 1. The van der Waals surface area contributed by atoms with Crippen molar-refractivity contribution in [2.45, 2.75) is 58.9 Å². The number of hydrogen-bond donors (Lipinski definition) is 3. The molecule has 0 fully saturated rings. The fourth-order valence-corrected chi connectivity index (χ4v) is 3.77. The van der Waals surface area contributed by atoms with E-state index in [4.69, 9.17) is 5.73 Å². The van der Waals surface area contributed by atoms with Crippen LogP contribution in [0.1, 0.15) is 62.0 Å². The summed E-state index contributed by atoms with van der Waals surface area (Å²) in [7, 11) is 0. The first kappa shape index (κ1) is 24.4. The van der Waals surface area contributed by atoms with E-state index in [9.17, 15) is 19.2 Å². The smallest absolute Gasteiger partial charge is 0.330 e. The van der Waals surface area contributed by atoms with Crippen molar-refractivity contribution < 1.29 is 9.59 Å². The number of aromatic nitrogens is 2. The van der Waals surface area contributed by atoms with Crippen molar-refractivity contribution in [1.29, 1.82) is 0 Å². The quantitative estimate of drug-likeness (QED) is 0.428. The van der Waals surface area contributed by atoms with Gasteiger partial charge in [0.2, 0.25) is 5.91 Å². The maximum absolute atomic E-state index is 13.0. The predicted octanol–water partition coefficient (Wildman–Crippen LogP) is 2.32. The van der Waals surface area contributed by atoms with Crippen molar-refractivity contribution in [2.75, 3.05) is 23.7 Å². The summed E-state index contributed by atoms with van der Waals surface area (Å²) in [5, 5.41) is 4.61. The van der Waals surface area contributed by atoms with Crippen LogP contribution in [0.15, 0.2) is 27.1 Å². The lowest BCUT2D eigenvalue weighted by molar-refractivity contribution is -0.118. The number of nitrogens with zero attached hydrogens (tertiary/aromatic N) is 2. The molecular formula is C21H31N5O4S. The molecule has 4 N–H and O–H groups in total. The van der Waals surface area contributed by atoms with Crippen molar-refractivity contribution in [3.63, 3.8) is 0 Å². The maximum atomic E-state index is 13.0. The van der Waals surface area contributed by atoms with Gasteiger partial charge in [-0.25, -0.2) is 4.79 Å². The van der Waals surface area contributed by atoms with Gasteiger partial charge in [0.05, 0.1) is 4.88 Å². The molecule has 2 heterocycles. The average Bonchev–Trinajstić information content (AvgIpc) is 3.28. The Labute approximate surface area is 185 Å². The van der Waals surface area contributed by atoms with E-state index in [-0.39, 0.29) is 29.7 Å². The highest BCUT2D eigenvalue weighted by Crippen LogP contribution is 2.19. The minimum Gasteiger partial charge on any atom is -0.383 e. The molecule has 2 rings (SSSR count). The predicted molar refractivity (Wildman–Crippen MR) is 124 cm³/mol. The SMILES string of the molecule is CCCCN(C(=O)CCCNC(=O)c1cccs1)c1c(N)n(CCCC)c(=O)[nH]c1=O. The number of H-pyrrole nitrogens is 1. The molecule has 0 unspecified atom stereocenters. The fraction of sp³-hybridized carbons (Fsp3) is 0.524. The van der Waals surface area contributed by atoms with Crippen molar-refractivity contribution >= 4 is 34.7 Å². The highest BCUT2D eigenvalue weighted by atomic mass is 32.1. The molecule has 2 aromatic heterocycles. The Kier molecular flexibility index (Phi) is 9.51. The summed E-state index contributed by atoms with van der Waals surface area (Å²) in [5.74, 6) is -0.427. The Morgan fingerprint density at radius 2 is 1.94 bits per heavy atom. The highest BCUT2D eigenvalue weighted by molar-refractivity contribution is 7.12. The number of nitrogen functional groups attached to an aromatic ring is 1. The molecule has 0 aliphatic heterocycles. The van der Waals surface area contributed by atoms with E-state index in [0.29, 0.717) is 37.4 Å². The minimum atomic E-state index is -0.661. The Morgan fingerprint density at radius 3 is 2.58 bits per heavy atom. The van der Waals surface area contributed by atoms with Crippen LogP contribution in [0.25, 0.3) is 0 Å². The molecule has 0 atom stereocenters. The third-order valence-electron chi connectivity index (χ3n) is 4.85. The number of rotatable bonds is 12. The van der Waals surface area contributed by atoms with Gasteiger partial charge in [0, 0.05) is 26.1 Å². The van der Waals surface area contributed by atoms with Crippen molar-refractivity contribution in [3.8, 4) is 0 Å². The molecule has 0 saturated carbocycles. The van der Waals surface area contributed by atoms with Gasteiger partial charge in [-0.3, -0.25) is 23.9 Å². The minimum absolute atomic E-state index is 0.0117. The van der Waals surface area contributed by atoms with Crippen LogP contribution in [0.4, 0.5) is 11.5 Å². The molecular weight excluding hydrogens is 418 g/mol. The summed E-state index contributed by atoms with van der Waals surface area (Å²) in [6.45, 7) is 5.01. The Balaban J connectivity index is 2.13. The molecule has 0 aliphatic carbocycles. The Hall–Kier alpha value is -2.88. The molecule has 0 aliphatic rings. The zero-order valence-corrected chi connectivity index (χ0v) is 18.9. The lowest BCUT2D eigenvalue weighted by Crippen LogP contribution is -2.41. The maximum Gasteiger partial charge on any atom is 0.330 e. The van der Waals surface area contributed by atoms with E-state index in [1.54, 1.807) is 12.1 Å². The summed E-state index contributed by atoms with van der Waals surface area (Å²) in [6.07, 6.45) is 3.66. The van der Waals surface area contributed by atoms with E-state index < -0.39 is 11.2 Å². The van der Waals surface area contributed by atoms with Crippen LogP contribution in [-0.2, 0) is 11.3 Å². The molecule has 31 heavy (non-hydrogen) atoms. The first-order valence-electron chi connectivity index (χ1n) is 10.6. The van der Waals surface area contributed by atoms with E-state index in [1.165, 1.54) is 20.8 Å². The third kappa shape index (κ3) is 6.55. The fourth-order valence-electron chi connectivity index (χ4n) is 3.13. The van der Waals surface area contributed by atoms with Crippen molar-refractivity contribution in [3.05, 3.63) is 43.2 Å². The number of aromatic amines is 1. The van der Waals surface area contributed by atoms with E-state index in [0.717, 1.165) is 19.3 Å². The Bertz CT molecular complexity index is 981. The van der Waals surface area contributed by atoms with Gasteiger partial charge in [0.1, 0.15) is 5.82 Å². The van der Waals surface area contributed by atoms with Crippen LogP contribution < -0.4 is 27.2 Å². The second-order valence-corrected chi connectivity index (χ2v) is 8.18. The monoisotopic (exact) mass is 449 g/mol. The van der Waals surface area contributed by atoms with Crippen LogP contribution in [0, 0.1) is 0 Å². The molecule has 2 amide bonds. The standard InChI is InChI=1S/C21H31N5O4S/c1-3-5-12-25(16(27)10-7-11-23-19(28)15-9-8-14-31-15)17-18(22)26(13-6-4-2)21(30)24-20(17)29/h8-9,14H,3-7,10-13,22H2,1-2H3,(H,23,28)(H,24,29,30). The summed E-state index contributed by atoms with van der Waals surface area (Å²) < 4.78 is 1.31. The average molecular weight is 450 g/mol. The van der Waals surface area contributed by atoms with Crippen LogP contribution in [0.2, 0.25) is 0 Å². The van der Waals surface area contributed by atoms with Gasteiger partial charge in [-0.15, -0.1) is 11.3 Å². The number of nitrogens with two attached hydrogens (primary N) is 1. The number of amides is 2. The second kappa shape index (κ2) is 12.1. The van der Waals surface area contributed by atoms with Gasteiger partial charge in [-0.2, -0.15) is 0 Å². The number of nitrogens with one attached hydrogen (secondary N) is 2.